The van der Waals surface area contributed by atoms with E-state index in [1.165, 1.54) is 0 Å². The van der Waals surface area contributed by atoms with Gasteiger partial charge in [0.05, 0.1) is 17.9 Å². The molecule has 0 bridgehead atoms. The third-order valence-corrected chi connectivity index (χ3v) is 4.08. The molecule has 3 heterocycles. The number of nitrogens with two attached hydrogens (primary N) is 1. The van der Waals surface area contributed by atoms with Gasteiger partial charge < -0.3 is 25.0 Å². The molecule has 0 amide bonds. The number of aromatic nitrogens is 1. The molecule has 0 saturated carbocycles. The third-order valence-electron chi connectivity index (χ3n) is 4.08. The van der Waals surface area contributed by atoms with Crippen molar-refractivity contribution in [2.75, 3.05) is 19.8 Å². The molecule has 0 aliphatic carbocycles. The first-order valence-corrected chi connectivity index (χ1v) is 6.60. The summed E-state index contributed by atoms with van der Waals surface area (Å²) in [4.78, 5) is 0. The Hall–Kier alpha value is -1.53. The average molecular weight is 265 g/mol. The van der Waals surface area contributed by atoms with E-state index in [9.17, 15) is 0 Å². The number of ether oxygens (including phenoxy) is 2. The molecular formula is C13H19N3O3. The minimum Gasteiger partial charge on any atom is -0.409 e. The summed E-state index contributed by atoms with van der Waals surface area (Å²) in [6, 6.07) is 4.09. The maximum Gasteiger partial charge on any atom is 0.186 e. The van der Waals surface area contributed by atoms with Crippen LogP contribution in [-0.4, -0.2) is 41.0 Å². The molecule has 3 N–H and O–H groups in total. The van der Waals surface area contributed by atoms with Gasteiger partial charge >= 0.3 is 0 Å². The highest BCUT2D eigenvalue weighted by Crippen LogP contribution is 2.38. The number of rotatable bonds is 2. The average Bonchev–Trinajstić information content (AvgIpc) is 3.07. The molecule has 19 heavy (non-hydrogen) atoms. The number of hydrogen-bond acceptors (Lipinski definition) is 4. The lowest BCUT2D eigenvalue weighted by atomic mass is 9.89. The van der Waals surface area contributed by atoms with Gasteiger partial charge in [-0.05, 0) is 25.0 Å². The predicted octanol–water partition coefficient (Wildman–Crippen LogP) is 1.09. The highest BCUT2D eigenvalue weighted by Gasteiger charge is 2.41. The summed E-state index contributed by atoms with van der Waals surface area (Å²) in [6.45, 7) is 2.16. The predicted molar refractivity (Wildman–Crippen MR) is 69.3 cm³/mol. The first-order valence-electron chi connectivity index (χ1n) is 6.60. The zero-order valence-electron chi connectivity index (χ0n) is 10.8. The number of nitrogens with zero attached hydrogens (tertiary/aromatic N) is 2. The number of oxime groups is 1. The van der Waals surface area contributed by atoms with Crippen LogP contribution in [0.2, 0.25) is 0 Å². The molecule has 0 aromatic carbocycles. The number of hydrogen-bond donors (Lipinski definition) is 2. The molecule has 2 saturated heterocycles. The van der Waals surface area contributed by atoms with Crippen LogP contribution in [0, 0.1) is 0 Å². The van der Waals surface area contributed by atoms with Crippen molar-refractivity contribution < 1.29 is 14.7 Å². The summed E-state index contributed by atoms with van der Waals surface area (Å²) >= 11 is 0. The van der Waals surface area contributed by atoms with Crippen LogP contribution in [0.15, 0.2) is 23.5 Å². The lowest BCUT2D eigenvalue weighted by Crippen LogP contribution is -2.41. The maximum absolute atomic E-state index is 8.84. The monoisotopic (exact) mass is 265 g/mol. The maximum atomic E-state index is 8.84. The molecule has 0 radical (unpaired) electrons. The zero-order chi connectivity index (χ0) is 13.3. The summed E-state index contributed by atoms with van der Waals surface area (Å²) in [5.74, 6) is 0.146. The van der Waals surface area contributed by atoms with E-state index in [1.54, 1.807) is 0 Å². The highest BCUT2D eigenvalue weighted by molar-refractivity contribution is 5.95. The summed E-state index contributed by atoms with van der Waals surface area (Å²) in [7, 11) is 0. The Balaban J connectivity index is 1.84. The number of amidine groups is 1. The van der Waals surface area contributed by atoms with E-state index in [0.717, 1.165) is 38.2 Å². The van der Waals surface area contributed by atoms with Crippen molar-refractivity contribution >= 4 is 5.84 Å². The fourth-order valence-corrected chi connectivity index (χ4v) is 3.08. The summed E-state index contributed by atoms with van der Waals surface area (Å²) < 4.78 is 13.5. The quantitative estimate of drug-likeness (QED) is 0.363. The van der Waals surface area contributed by atoms with E-state index in [0.29, 0.717) is 12.6 Å². The molecule has 1 aromatic heterocycles. The fraction of sp³-hybridized carbons (Fsp3) is 0.615. The van der Waals surface area contributed by atoms with Gasteiger partial charge in [-0.2, -0.15) is 0 Å². The van der Waals surface area contributed by atoms with Crippen LogP contribution in [-0.2, 0) is 9.47 Å². The van der Waals surface area contributed by atoms with Crippen LogP contribution in [0.5, 0.6) is 0 Å². The fourth-order valence-electron chi connectivity index (χ4n) is 3.08. The lowest BCUT2D eigenvalue weighted by molar-refractivity contribution is -0.0948. The largest absolute Gasteiger partial charge is 0.409 e. The second-order valence-corrected chi connectivity index (χ2v) is 5.27. The summed E-state index contributed by atoms with van der Waals surface area (Å²) in [5, 5.41) is 11.9. The summed E-state index contributed by atoms with van der Waals surface area (Å²) in [6.07, 6.45) is 4.77. The van der Waals surface area contributed by atoms with E-state index in [2.05, 4.69) is 9.72 Å². The van der Waals surface area contributed by atoms with Crippen LogP contribution in [0.25, 0.3) is 0 Å². The molecule has 1 spiro atoms. The van der Waals surface area contributed by atoms with Gasteiger partial charge in [-0.1, -0.05) is 5.16 Å². The molecule has 6 nitrogen and oxygen atoms in total. The van der Waals surface area contributed by atoms with Crippen LogP contribution < -0.4 is 5.73 Å². The second kappa shape index (κ2) is 4.86. The molecular weight excluding hydrogens is 246 g/mol. The molecule has 2 unspecified atom stereocenters. The minimum atomic E-state index is -0.143. The first kappa shape index (κ1) is 12.5. The van der Waals surface area contributed by atoms with Gasteiger partial charge in [0.15, 0.2) is 5.84 Å². The second-order valence-electron chi connectivity index (χ2n) is 5.27. The molecule has 104 valence electrons. The Kier molecular flexibility index (Phi) is 3.20. The van der Waals surface area contributed by atoms with Gasteiger partial charge in [0.1, 0.15) is 0 Å². The van der Waals surface area contributed by atoms with Crippen molar-refractivity contribution in [1.82, 2.24) is 4.57 Å². The van der Waals surface area contributed by atoms with E-state index in [1.807, 2.05) is 18.3 Å². The van der Waals surface area contributed by atoms with Gasteiger partial charge in [-0.25, -0.2) is 0 Å². The van der Waals surface area contributed by atoms with E-state index in [4.69, 9.17) is 20.4 Å². The zero-order valence-corrected chi connectivity index (χ0v) is 10.8. The smallest absolute Gasteiger partial charge is 0.186 e. The molecule has 2 atom stereocenters. The van der Waals surface area contributed by atoms with Crippen LogP contribution in [0.4, 0.5) is 0 Å². The third kappa shape index (κ3) is 2.21. The molecule has 3 rings (SSSR count). The Morgan fingerprint density at radius 3 is 3.16 bits per heavy atom. The van der Waals surface area contributed by atoms with Crippen molar-refractivity contribution in [3.63, 3.8) is 0 Å². The van der Waals surface area contributed by atoms with Gasteiger partial charge in [-0.15, -0.1) is 0 Å². The Bertz CT molecular complexity index is 477. The Morgan fingerprint density at radius 1 is 1.53 bits per heavy atom. The van der Waals surface area contributed by atoms with Crippen molar-refractivity contribution in [3.8, 4) is 0 Å². The molecule has 1 aromatic rings. The van der Waals surface area contributed by atoms with Gasteiger partial charge in [0.2, 0.25) is 0 Å². The molecule has 6 heteroatoms. The lowest BCUT2D eigenvalue weighted by Gasteiger charge is -2.38. The Labute approximate surface area is 111 Å². The van der Waals surface area contributed by atoms with Crippen molar-refractivity contribution in [3.05, 3.63) is 24.0 Å². The van der Waals surface area contributed by atoms with Crippen molar-refractivity contribution in [2.24, 2.45) is 10.9 Å². The normalized spacial score (nSPS) is 32.0. The van der Waals surface area contributed by atoms with Gasteiger partial charge in [0.25, 0.3) is 0 Å². The first-order chi connectivity index (χ1) is 9.24. The van der Waals surface area contributed by atoms with Gasteiger partial charge in [-0.3, -0.25) is 0 Å². The van der Waals surface area contributed by atoms with Crippen LogP contribution >= 0.6 is 0 Å². The summed E-state index contributed by atoms with van der Waals surface area (Å²) in [5.41, 5.74) is 6.32. The SMILES string of the molecule is N/C(=N/O)c1cccn1C1CCOC2(CCOC2)C1. The Morgan fingerprint density at radius 2 is 2.42 bits per heavy atom. The standard InChI is InChI=1S/C13H19N3O3/c14-12(15-17)11-2-1-5-16(11)10-3-6-19-13(8-10)4-7-18-9-13/h1-2,5,10,17H,3-4,6-9H2,(H2,14,15). The van der Waals surface area contributed by atoms with Crippen molar-refractivity contribution in [1.29, 1.82) is 0 Å². The van der Waals surface area contributed by atoms with Crippen LogP contribution in [0.3, 0.4) is 0 Å². The van der Waals surface area contributed by atoms with Crippen LogP contribution in [0.1, 0.15) is 31.0 Å². The van der Waals surface area contributed by atoms with Crippen molar-refractivity contribution in [2.45, 2.75) is 30.9 Å². The van der Waals surface area contributed by atoms with E-state index >= 15 is 0 Å². The highest BCUT2D eigenvalue weighted by atomic mass is 16.6. The minimum absolute atomic E-state index is 0.143. The van der Waals surface area contributed by atoms with E-state index in [-0.39, 0.29) is 11.4 Å². The topological polar surface area (TPSA) is 82.0 Å². The molecule has 2 aliphatic rings. The molecule has 2 aliphatic heterocycles. The molecule has 2 fully saturated rings. The van der Waals surface area contributed by atoms with E-state index < -0.39 is 0 Å². The van der Waals surface area contributed by atoms with Gasteiger partial charge in [0, 0.05) is 31.9 Å².